The predicted molar refractivity (Wildman–Crippen MR) is 121 cm³/mol. The molecule has 10 heteroatoms. The quantitative estimate of drug-likeness (QED) is 0.558. The summed E-state index contributed by atoms with van der Waals surface area (Å²) in [5, 5.41) is 15.1. The molecule has 0 fully saturated rings. The van der Waals surface area contributed by atoms with E-state index in [1.165, 1.54) is 19.2 Å². The van der Waals surface area contributed by atoms with Gasteiger partial charge in [-0.3, -0.25) is 9.59 Å². The number of benzene rings is 2. The standard InChI is InChI=1S/C22H17BrFN3O4S/c1-31-22(30)13-4-2-12(3-5-13)15-9-19(28)27-21(16(15)10-25)32-11-20(29)26-18-7-6-14(23)8-17(18)24/h2-8,15H,9,11H2,1H3,(H,26,29)(H,27,28)/t15-/m0/s1. The molecule has 2 aromatic rings. The van der Waals surface area contributed by atoms with Crippen LogP contribution in [0.15, 0.2) is 57.5 Å². The first-order chi connectivity index (χ1) is 15.3. The van der Waals surface area contributed by atoms with E-state index < -0.39 is 23.6 Å². The number of esters is 1. The number of thioether (sulfide) groups is 1. The van der Waals surface area contributed by atoms with Gasteiger partial charge in [0.25, 0.3) is 0 Å². The number of halogens is 2. The summed E-state index contributed by atoms with van der Waals surface area (Å²) in [6.07, 6.45) is 0.0564. The lowest BCUT2D eigenvalue weighted by Gasteiger charge is -2.25. The van der Waals surface area contributed by atoms with Crippen molar-refractivity contribution in [2.75, 3.05) is 18.2 Å². The maximum atomic E-state index is 13.9. The average Bonchev–Trinajstić information content (AvgIpc) is 2.78. The maximum Gasteiger partial charge on any atom is 0.337 e. The molecule has 0 unspecified atom stereocenters. The molecule has 0 spiro atoms. The molecule has 0 aromatic heterocycles. The summed E-state index contributed by atoms with van der Waals surface area (Å²) in [7, 11) is 1.28. The lowest BCUT2D eigenvalue weighted by atomic mass is 9.87. The van der Waals surface area contributed by atoms with Gasteiger partial charge in [-0.1, -0.05) is 39.8 Å². The number of nitriles is 1. The Morgan fingerprint density at radius 3 is 2.66 bits per heavy atom. The minimum Gasteiger partial charge on any atom is -0.465 e. The van der Waals surface area contributed by atoms with Crippen LogP contribution in [0.3, 0.4) is 0 Å². The number of rotatable bonds is 6. The number of allylic oxidation sites excluding steroid dienone is 1. The molecule has 1 aliphatic heterocycles. The van der Waals surface area contributed by atoms with Crippen LogP contribution in [0.4, 0.5) is 10.1 Å². The molecule has 1 heterocycles. The minimum atomic E-state index is -0.587. The van der Waals surface area contributed by atoms with E-state index in [0.717, 1.165) is 11.8 Å². The number of methoxy groups -OCH3 is 1. The highest BCUT2D eigenvalue weighted by atomic mass is 79.9. The number of anilines is 1. The molecule has 3 rings (SSSR count). The molecule has 0 aliphatic carbocycles. The van der Waals surface area contributed by atoms with Gasteiger partial charge in [-0.05, 0) is 35.9 Å². The number of hydrogen-bond acceptors (Lipinski definition) is 6. The zero-order chi connectivity index (χ0) is 23.3. The van der Waals surface area contributed by atoms with E-state index >= 15 is 0 Å². The van der Waals surface area contributed by atoms with Crippen molar-refractivity contribution < 1.29 is 23.5 Å². The van der Waals surface area contributed by atoms with Gasteiger partial charge in [0, 0.05) is 16.8 Å². The summed E-state index contributed by atoms with van der Waals surface area (Å²) in [5.41, 5.74) is 1.38. The summed E-state index contributed by atoms with van der Waals surface area (Å²) in [6, 6.07) is 12.8. The fourth-order valence-corrected chi connectivity index (χ4v) is 4.31. The van der Waals surface area contributed by atoms with Crippen LogP contribution in [0.2, 0.25) is 0 Å². The van der Waals surface area contributed by atoms with Crippen LogP contribution in [0, 0.1) is 17.1 Å². The zero-order valence-electron chi connectivity index (χ0n) is 16.8. The van der Waals surface area contributed by atoms with Gasteiger partial charge in [-0.15, -0.1) is 0 Å². The van der Waals surface area contributed by atoms with Crippen LogP contribution in [-0.4, -0.2) is 30.6 Å². The number of nitrogens with zero attached hydrogens (tertiary/aromatic N) is 1. The highest BCUT2D eigenvalue weighted by Gasteiger charge is 2.30. The van der Waals surface area contributed by atoms with Gasteiger partial charge in [0.05, 0.1) is 40.8 Å². The van der Waals surface area contributed by atoms with E-state index in [4.69, 9.17) is 0 Å². The lowest BCUT2D eigenvalue weighted by Crippen LogP contribution is -2.31. The molecule has 0 bridgehead atoms. The van der Waals surface area contributed by atoms with Crippen molar-refractivity contribution in [3.8, 4) is 6.07 Å². The number of carbonyl (C=O) groups excluding carboxylic acids is 3. The Kier molecular flexibility index (Phi) is 7.66. The third-order valence-corrected chi connectivity index (χ3v) is 6.15. The van der Waals surface area contributed by atoms with Gasteiger partial charge in [-0.2, -0.15) is 5.26 Å². The lowest BCUT2D eigenvalue weighted by molar-refractivity contribution is -0.121. The Labute approximate surface area is 196 Å². The third kappa shape index (κ3) is 5.55. The van der Waals surface area contributed by atoms with Gasteiger partial charge in [0.1, 0.15) is 5.82 Å². The van der Waals surface area contributed by atoms with E-state index in [1.54, 1.807) is 30.3 Å². The molecule has 0 saturated heterocycles. The second-order valence-corrected chi connectivity index (χ2v) is 8.64. The molecule has 32 heavy (non-hydrogen) atoms. The van der Waals surface area contributed by atoms with Crippen LogP contribution in [0.1, 0.15) is 28.3 Å². The molecule has 0 saturated carbocycles. The fourth-order valence-electron chi connectivity index (χ4n) is 3.10. The smallest absolute Gasteiger partial charge is 0.337 e. The van der Waals surface area contributed by atoms with E-state index in [-0.39, 0.29) is 28.8 Å². The molecule has 1 atom stereocenters. The minimum absolute atomic E-state index is 0.0320. The highest BCUT2D eigenvalue weighted by molar-refractivity contribution is 9.10. The second kappa shape index (κ2) is 10.4. The van der Waals surface area contributed by atoms with Crippen molar-refractivity contribution in [3.63, 3.8) is 0 Å². The van der Waals surface area contributed by atoms with E-state index in [1.807, 2.05) is 0 Å². The molecule has 2 N–H and O–H groups in total. The molecule has 1 aliphatic rings. The van der Waals surface area contributed by atoms with Crippen molar-refractivity contribution in [2.45, 2.75) is 12.3 Å². The molecule has 2 aromatic carbocycles. The topological polar surface area (TPSA) is 108 Å². The van der Waals surface area contributed by atoms with E-state index in [9.17, 15) is 24.0 Å². The summed E-state index contributed by atoms with van der Waals surface area (Å²) in [6.45, 7) is 0. The Hall–Kier alpha value is -3.16. The van der Waals surface area contributed by atoms with Crippen LogP contribution < -0.4 is 10.6 Å². The van der Waals surface area contributed by atoms with Crippen molar-refractivity contribution in [2.24, 2.45) is 0 Å². The van der Waals surface area contributed by atoms with Gasteiger partial charge in [0.2, 0.25) is 11.8 Å². The number of carbonyl (C=O) groups is 3. The summed E-state index contributed by atoms with van der Waals surface area (Å²) in [4.78, 5) is 36.2. The highest BCUT2D eigenvalue weighted by Crippen LogP contribution is 2.36. The average molecular weight is 518 g/mol. The van der Waals surface area contributed by atoms with E-state index in [2.05, 4.69) is 37.4 Å². The van der Waals surface area contributed by atoms with Crippen molar-refractivity contribution in [1.82, 2.24) is 5.32 Å². The zero-order valence-corrected chi connectivity index (χ0v) is 19.2. The fraction of sp³-hybridized carbons (Fsp3) is 0.182. The van der Waals surface area contributed by atoms with Crippen LogP contribution in [0.5, 0.6) is 0 Å². The summed E-state index contributed by atoms with van der Waals surface area (Å²) >= 11 is 4.14. The van der Waals surface area contributed by atoms with Crippen molar-refractivity contribution >= 4 is 51.2 Å². The Balaban J connectivity index is 1.76. The number of ether oxygens (including phenoxy) is 1. The molecular formula is C22H17BrFN3O4S. The van der Waals surface area contributed by atoms with Gasteiger partial charge in [0.15, 0.2) is 0 Å². The summed E-state index contributed by atoms with van der Waals surface area (Å²) < 4.78 is 19.1. The first-order valence-corrected chi connectivity index (χ1v) is 11.1. The summed E-state index contributed by atoms with van der Waals surface area (Å²) in [5.74, 6) is -2.51. The number of nitrogens with one attached hydrogen (secondary N) is 2. The van der Waals surface area contributed by atoms with Gasteiger partial charge in [-0.25, -0.2) is 9.18 Å². The SMILES string of the molecule is COC(=O)c1ccc([C@@H]2CC(=O)NC(SCC(=O)Nc3ccc(Br)cc3F)=C2C#N)cc1. The predicted octanol–water partition coefficient (Wildman–Crippen LogP) is 4.09. The molecule has 7 nitrogen and oxygen atoms in total. The maximum absolute atomic E-state index is 13.9. The number of hydrogen-bond donors (Lipinski definition) is 2. The van der Waals surface area contributed by atoms with Crippen molar-refractivity contribution in [1.29, 1.82) is 5.26 Å². The third-order valence-electron chi connectivity index (χ3n) is 4.64. The van der Waals surface area contributed by atoms with Crippen LogP contribution >= 0.6 is 27.7 Å². The van der Waals surface area contributed by atoms with Crippen LogP contribution in [0.25, 0.3) is 0 Å². The second-order valence-electron chi connectivity index (χ2n) is 6.73. The molecule has 164 valence electrons. The van der Waals surface area contributed by atoms with E-state index in [0.29, 0.717) is 21.2 Å². The van der Waals surface area contributed by atoms with Crippen LogP contribution in [-0.2, 0) is 14.3 Å². The monoisotopic (exact) mass is 517 g/mol. The first kappa shape index (κ1) is 23.5. The van der Waals surface area contributed by atoms with Crippen molar-refractivity contribution in [3.05, 3.63) is 74.5 Å². The Morgan fingerprint density at radius 2 is 2.03 bits per heavy atom. The molecular weight excluding hydrogens is 501 g/mol. The molecule has 2 amide bonds. The molecule has 0 radical (unpaired) electrons. The number of amides is 2. The normalized spacial score (nSPS) is 15.6. The largest absolute Gasteiger partial charge is 0.465 e. The van der Waals surface area contributed by atoms with Gasteiger partial charge < -0.3 is 15.4 Å². The first-order valence-electron chi connectivity index (χ1n) is 9.32. The Bertz CT molecular complexity index is 1140. The van der Waals surface area contributed by atoms with Gasteiger partial charge >= 0.3 is 5.97 Å². The Morgan fingerprint density at radius 1 is 1.31 bits per heavy atom.